The van der Waals surface area contributed by atoms with E-state index in [0.29, 0.717) is 13.1 Å². The van der Waals surface area contributed by atoms with Gasteiger partial charge < -0.3 is 4.90 Å². The van der Waals surface area contributed by atoms with Crippen molar-refractivity contribution in [2.24, 2.45) is 0 Å². The monoisotopic (exact) mass is 301 g/mol. The lowest BCUT2D eigenvalue weighted by Crippen LogP contribution is -2.30. The molecule has 0 aromatic heterocycles. The normalized spacial score (nSPS) is 10.4. The molecule has 0 heterocycles. The average molecular weight is 301 g/mol. The molecule has 0 saturated heterocycles. The van der Waals surface area contributed by atoms with Crippen molar-refractivity contribution < 1.29 is 4.79 Å². The Balaban J connectivity index is 1.95. The second-order valence-electron chi connectivity index (χ2n) is 5.49. The molecule has 2 nitrogen and oxygen atoms in total. The van der Waals surface area contributed by atoms with Crippen molar-refractivity contribution in [3.8, 4) is 0 Å². The van der Waals surface area contributed by atoms with Crippen LogP contribution in [-0.4, -0.2) is 17.4 Å². The molecule has 114 valence electrons. The van der Waals surface area contributed by atoms with Crippen molar-refractivity contribution >= 4 is 16.7 Å². The van der Waals surface area contributed by atoms with E-state index in [0.717, 1.165) is 21.9 Å². The summed E-state index contributed by atoms with van der Waals surface area (Å²) in [6.07, 6.45) is 1.77. The topological polar surface area (TPSA) is 20.3 Å². The highest BCUT2D eigenvalue weighted by Crippen LogP contribution is 2.21. The van der Waals surface area contributed by atoms with E-state index in [1.165, 1.54) is 0 Å². The molecule has 23 heavy (non-hydrogen) atoms. The standard InChI is InChI=1S/C21H19NO/c1-2-15-22(16-17-9-4-3-5-10-17)21(23)20-14-8-12-18-11-6-7-13-19(18)20/h2-14H,1,15-16H2. The largest absolute Gasteiger partial charge is 0.331 e. The maximum Gasteiger partial charge on any atom is 0.255 e. The summed E-state index contributed by atoms with van der Waals surface area (Å²) in [6.45, 7) is 4.89. The first-order valence-corrected chi connectivity index (χ1v) is 7.71. The van der Waals surface area contributed by atoms with E-state index < -0.39 is 0 Å². The van der Waals surface area contributed by atoms with Gasteiger partial charge in [-0.15, -0.1) is 6.58 Å². The number of rotatable bonds is 5. The Kier molecular flexibility index (Phi) is 4.53. The Bertz CT molecular complexity index is 818. The van der Waals surface area contributed by atoms with Gasteiger partial charge in [-0.1, -0.05) is 72.8 Å². The highest BCUT2D eigenvalue weighted by atomic mass is 16.2. The Hall–Kier alpha value is -2.87. The number of nitrogens with zero attached hydrogens (tertiary/aromatic N) is 1. The summed E-state index contributed by atoms with van der Waals surface area (Å²) < 4.78 is 0. The molecule has 0 spiro atoms. The summed E-state index contributed by atoms with van der Waals surface area (Å²) in [5.74, 6) is 0.0329. The first-order valence-electron chi connectivity index (χ1n) is 7.71. The Morgan fingerprint density at radius 1 is 0.913 bits per heavy atom. The highest BCUT2D eigenvalue weighted by Gasteiger charge is 2.17. The van der Waals surface area contributed by atoms with Gasteiger partial charge in [0.1, 0.15) is 0 Å². The number of hydrogen-bond donors (Lipinski definition) is 0. The first-order chi connectivity index (χ1) is 11.3. The lowest BCUT2D eigenvalue weighted by molar-refractivity contribution is 0.0764. The predicted molar refractivity (Wildman–Crippen MR) is 95.3 cm³/mol. The number of fused-ring (bicyclic) bond motifs is 1. The van der Waals surface area contributed by atoms with Gasteiger partial charge in [-0.3, -0.25) is 4.79 Å². The Labute approximate surface area is 136 Å². The number of amides is 1. The first kappa shape index (κ1) is 15.0. The van der Waals surface area contributed by atoms with Gasteiger partial charge in [-0.25, -0.2) is 0 Å². The summed E-state index contributed by atoms with van der Waals surface area (Å²) in [5.41, 5.74) is 1.85. The molecule has 0 atom stereocenters. The molecule has 0 radical (unpaired) electrons. The maximum absolute atomic E-state index is 13.0. The van der Waals surface area contributed by atoms with Gasteiger partial charge in [0.05, 0.1) is 0 Å². The Morgan fingerprint density at radius 2 is 1.61 bits per heavy atom. The molecule has 0 saturated carbocycles. The third-order valence-electron chi connectivity index (χ3n) is 3.87. The molecule has 0 unspecified atom stereocenters. The molecule has 3 aromatic carbocycles. The van der Waals surface area contributed by atoms with Crippen molar-refractivity contribution in [3.63, 3.8) is 0 Å². The van der Waals surface area contributed by atoms with Crippen molar-refractivity contribution in [1.82, 2.24) is 4.90 Å². The molecule has 2 heteroatoms. The lowest BCUT2D eigenvalue weighted by Gasteiger charge is -2.22. The van der Waals surface area contributed by atoms with Crippen LogP contribution in [0.1, 0.15) is 15.9 Å². The van der Waals surface area contributed by atoms with Crippen molar-refractivity contribution in [2.45, 2.75) is 6.54 Å². The molecule has 0 aliphatic carbocycles. The van der Waals surface area contributed by atoms with Crippen LogP contribution in [0.15, 0.2) is 85.5 Å². The van der Waals surface area contributed by atoms with Gasteiger partial charge in [-0.2, -0.15) is 0 Å². The zero-order valence-electron chi connectivity index (χ0n) is 13.0. The van der Waals surface area contributed by atoms with E-state index in [1.807, 2.05) is 77.7 Å². The molecule has 1 amide bonds. The number of benzene rings is 3. The van der Waals surface area contributed by atoms with Crippen LogP contribution in [0.5, 0.6) is 0 Å². The minimum Gasteiger partial charge on any atom is -0.331 e. The molecule has 3 rings (SSSR count). The molecule has 3 aromatic rings. The highest BCUT2D eigenvalue weighted by molar-refractivity contribution is 6.07. The fourth-order valence-electron chi connectivity index (χ4n) is 2.76. The smallest absolute Gasteiger partial charge is 0.255 e. The number of carbonyl (C=O) groups excluding carboxylic acids is 1. The zero-order valence-corrected chi connectivity index (χ0v) is 13.0. The summed E-state index contributed by atoms with van der Waals surface area (Å²) in [5, 5.41) is 2.07. The molecule has 0 fully saturated rings. The van der Waals surface area contributed by atoms with E-state index in [9.17, 15) is 4.79 Å². The van der Waals surface area contributed by atoms with E-state index in [2.05, 4.69) is 6.58 Å². The summed E-state index contributed by atoms with van der Waals surface area (Å²) in [7, 11) is 0. The van der Waals surface area contributed by atoms with Crippen molar-refractivity contribution in [1.29, 1.82) is 0 Å². The summed E-state index contributed by atoms with van der Waals surface area (Å²) in [4.78, 5) is 14.9. The second-order valence-corrected chi connectivity index (χ2v) is 5.49. The lowest BCUT2D eigenvalue weighted by atomic mass is 10.0. The molecular formula is C21H19NO. The van der Waals surface area contributed by atoms with Crippen LogP contribution in [0.3, 0.4) is 0 Å². The van der Waals surface area contributed by atoms with E-state index in [1.54, 1.807) is 6.08 Å². The summed E-state index contributed by atoms with van der Waals surface area (Å²) in [6, 6.07) is 23.9. The van der Waals surface area contributed by atoms with Crippen LogP contribution in [0.4, 0.5) is 0 Å². The van der Waals surface area contributed by atoms with Crippen LogP contribution in [0, 0.1) is 0 Å². The van der Waals surface area contributed by atoms with Gasteiger partial charge >= 0.3 is 0 Å². The van der Waals surface area contributed by atoms with Crippen molar-refractivity contribution in [2.75, 3.05) is 6.54 Å². The third-order valence-corrected chi connectivity index (χ3v) is 3.87. The molecule has 0 bridgehead atoms. The van der Waals surface area contributed by atoms with Crippen molar-refractivity contribution in [3.05, 3.63) is 96.6 Å². The van der Waals surface area contributed by atoms with Crippen LogP contribution >= 0.6 is 0 Å². The molecular weight excluding hydrogens is 282 g/mol. The fraction of sp³-hybridized carbons (Fsp3) is 0.0952. The van der Waals surface area contributed by atoms with Crippen LogP contribution in [-0.2, 0) is 6.54 Å². The fourth-order valence-corrected chi connectivity index (χ4v) is 2.76. The number of hydrogen-bond acceptors (Lipinski definition) is 1. The van der Waals surface area contributed by atoms with E-state index >= 15 is 0 Å². The van der Waals surface area contributed by atoms with E-state index in [-0.39, 0.29) is 5.91 Å². The van der Waals surface area contributed by atoms with Gasteiger partial charge in [0.2, 0.25) is 0 Å². The van der Waals surface area contributed by atoms with Gasteiger partial charge in [-0.05, 0) is 22.4 Å². The molecule has 0 aliphatic rings. The SMILES string of the molecule is C=CCN(Cc1ccccc1)C(=O)c1cccc2ccccc12. The Morgan fingerprint density at radius 3 is 2.39 bits per heavy atom. The van der Waals surface area contributed by atoms with E-state index in [4.69, 9.17) is 0 Å². The second kappa shape index (κ2) is 6.93. The minimum absolute atomic E-state index is 0.0329. The van der Waals surface area contributed by atoms with Crippen LogP contribution in [0.25, 0.3) is 10.8 Å². The molecule has 0 N–H and O–H groups in total. The van der Waals surface area contributed by atoms with Gasteiger partial charge in [0, 0.05) is 18.7 Å². The minimum atomic E-state index is 0.0329. The van der Waals surface area contributed by atoms with Gasteiger partial charge in [0.15, 0.2) is 0 Å². The zero-order chi connectivity index (χ0) is 16.1. The average Bonchev–Trinajstić information content (AvgIpc) is 2.61. The third kappa shape index (κ3) is 3.32. The maximum atomic E-state index is 13.0. The van der Waals surface area contributed by atoms with Gasteiger partial charge in [0.25, 0.3) is 5.91 Å². The molecule has 0 aliphatic heterocycles. The number of carbonyl (C=O) groups is 1. The van der Waals surface area contributed by atoms with Crippen LogP contribution in [0.2, 0.25) is 0 Å². The predicted octanol–water partition coefficient (Wildman–Crippen LogP) is 4.67. The van der Waals surface area contributed by atoms with Crippen LogP contribution < -0.4 is 0 Å². The summed E-state index contributed by atoms with van der Waals surface area (Å²) >= 11 is 0. The quantitative estimate of drug-likeness (QED) is 0.627.